The fraction of sp³-hybridized carbons (Fsp3) is 0.571. The van der Waals surface area contributed by atoms with Crippen LogP contribution in [0, 0.1) is 0 Å². The third kappa shape index (κ3) is 3.70. The number of para-hydroxylation sites is 1. The van der Waals surface area contributed by atoms with E-state index in [0.29, 0.717) is 18.4 Å². The van der Waals surface area contributed by atoms with Crippen LogP contribution in [0.25, 0.3) is 0 Å². The van der Waals surface area contributed by atoms with Crippen LogP contribution in [0.4, 0.5) is 5.69 Å². The lowest BCUT2D eigenvalue weighted by Gasteiger charge is -2.39. The molecule has 0 radical (unpaired) electrons. The smallest absolute Gasteiger partial charge is 0.246 e. The fourth-order valence-electron chi connectivity index (χ4n) is 3.80. The average Bonchev–Trinajstić information content (AvgIpc) is 3.42. The molecule has 1 aromatic carbocycles. The average molecular weight is 368 g/mol. The van der Waals surface area contributed by atoms with Gasteiger partial charge in [0.1, 0.15) is 0 Å². The highest BCUT2D eigenvalue weighted by molar-refractivity contribution is 5.86. The summed E-state index contributed by atoms with van der Waals surface area (Å²) in [5, 5.41) is 7.28. The molecule has 0 spiro atoms. The first-order chi connectivity index (χ1) is 13.1. The molecule has 1 fully saturated rings. The van der Waals surface area contributed by atoms with Crippen molar-refractivity contribution in [2.45, 2.75) is 76.9 Å². The van der Waals surface area contributed by atoms with Gasteiger partial charge in [0.25, 0.3) is 0 Å². The van der Waals surface area contributed by atoms with Gasteiger partial charge in [-0.05, 0) is 51.2 Å². The monoisotopic (exact) mass is 368 g/mol. The maximum absolute atomic E-state index is 12.9. The third-order valence-corrected chi connectivity index (χ3v) is 5.78. The van der Waals surface area contributed by atoms with E-state index in [2.05, 4.69) is 53.3 Å². The lowest BCUT2D eigenvalue weighted by Crippen LogP contribution is -2.44. The van der Waals surface area contributed by atoms with E-state index in [1.54, 1.807) is 0 Å². The van der Waals surface area contributed by atoms with E-state index < -0.39 is 0 Å². The van der Waals surface area contributed by atoms with Crippen LogP contribution in [-0.4, -0.2) is 28.1 Å². The molecule has 0 bridgehead atoms. The number of carbonyl (C=O) groups excluding carboxylic acids is 1. The molecular weight excluding hydrogens is 340 g/mol. The van der Waals surface area contributed by atoms with Gasteiger partial charge >= 0.3 is 0 Å². The number of hydrogen-bond donors (Lipinski definition) is 1. The summed E-state index contributed by atoms with van der Waals surface area (Å²) in [6.45, 7) is 6.88. The van der Waals surface area contributed by atoms with Crippen LogP contribution in [0.15, 0.2) is 28.8 Å². The summed E-state index contributed by atoms with van der Waals surface area (Å²) in [7, 11) is 0. The number of nitrogens with one attached hydrogen (secondary N) is 1. The second-order valence-corrected chi connectivity index (χ2v) is 7.96. The van der Waals surface area contributed by atoms with E-state index in [-0.39, 0.29) is 23.9 Å². The lowest BCUT2D eigenvalue weighted by atomic mass is 9.85. The molecule has 6 nitrogen and oxygen atoms in total. The molecule has 1 N–H and O–H groups in total. The Balaban J connectivity index is 1.57. The zero-order valence-electron chi connectivity index (χ0n) is 16.3. The maximum Gasteiger partial charge on any atom is 0.246 e. The number of carbonyl (C=O) groups is 1. The molecule has 2 aliphatic rings. The predicted molar refractivity (Wildman–Crippen MR) is 104 cm³/mol. The molecular formula is C21H28N4O2. The normalized spacial score (nSPS) is 23.0. The third-order valence-electron chi connectivity index (χ3n) is 5.78. The summed E-state index contributed by atoms with van der Waals surface area (Å²) >= 11 is 0. The van der Waals surface area contributed by atoms with E-state index in [1.807, 2.05) is 12.1 Å². The second kappa shape index (κ2) is 7.33. The minimum atomic E-state index is -0.119. The zero-order chi connectivity index (χ0) is 19.0. The first-order valence-corrected chi connectivity index (χ1v) is 10.0. The Bertz CT molecular complexity index is 814. The van der Waals surface area contributed by atoms with Gasteiger partial charge in [0, 0.05) is 23.7 Å². The van der Waals surface area contributed by atoms with Gasteiger partial charge < -0.3 is 14.7 Å². The van der Waals surface area contributed by atoms with Crippen LogP contribution < -0.4 is 10.2 Å². The molecule has 1 aromatic heterocycles. The summed E-state index contributed by atoms with van der Waals surface area (Å²) in [5.41, 5.74) is 2.17. The van der Waals surface area contributed by atoms with Crippen LogP contribution in [0.5, 0.6) is 0 Å². The number of hydrogen-bond acceptors (Lipinski definition) is 5. The van der Waals surface area contributed by atoms with Crippen molar-refractivity contribution >= 4 is 11.6 Å². The Kier molecular flexibility index (Phi) is 4.89. The van der Waals surface area contributed by atoms with Crippen molar-refractivity contribution < 1.29 is 9.32 Å². The van der Waals surface area contributed by atoms with Crippen LogP contribution in [0.3, 0.4) is 0 Å². The zero-order valence-corrected chi connectivity index (χ0v) is 16.3. The van der Waals surface area contributed by atoms with E-state index in [4.69, 9.17) is 4.52 Å². The van der Waals surface area contributed by atoms with E-state index in [9.17, 15) is 4.79 Å². The first-order valence-electron chi connectivity index (χ1n) is 10.0. The molecule has 1 aliphatic carbocycles. The number of amides is 1. The van der Waals surface area contributed by atoms with Crippen LogP contribution in [0.2, 0.25) is 0 Å². The van der Waals surface area contributed by atoms with Gasteiger partial charge in [-0.25, -0.2) is 0 Å². The number of nitrogens with zero attached hydrogens (tertiary/aromatic N) is 3. The molecule has 1 amide bonds. The predicted octanol–water partition coefficient (Wildman–Crippen LogP) is 3.74. The van der Waals surface area contributed by atoms with Crippen molar-refractivity contribution in [1.29, 1.82) is 0 Å². The maximum atomic E-state index is 12.9. The van der Waals surface area contributed by atoms with Gasteiger partial charge in [0.05, 0.1) is 12.5 Å². The Labute approximate surface area is 160 Å². The molecule has 3 atom stereocenters. The number of anilines is 1. The number of fused-ring (bicyclic) bond motifs is 1. The van der Waals surface area contributed by atoms with Crippen LogP contribution >= 0.6 is 0 Å². The molecule has 144 valence electrons. The molecule has 6 heteroatoms. The summed E-state index contributed by atoms with van der Waals surface area (Å²) in [6, 6.07) is 8.59. The number of aromatic nitrogens is 2. The van der Waals surface area contributed by atoms with Gasteiger partial charge in [-0.1, -0.05) is 30.3 Å². The fourth-order valence-corrected chi connectivity index (χ4v) is 3.80. The van der Waals surface area contributed by atoms with E-state index >= 15 is 0 Å². The minimum absolute atomic E-state index is 0.119. The summed E-state index contributed by atoms with van der Waals surface area (Å²) < 4.78 is 5.49. The van der Waals surface area contributed by atoms with Crippen LogP contribution in [-0.2, 0) is 11.3 Å². The topological polar surface area (TPSA) is 71.3 Å². The highest BCUT2D eigenvalue weighted by Gasteiger charge is 2.35. The van der Waals surface area contributed by atoms with Crippen molar-refractivity contribution in [2.24, 2.45) is 0 Å². The molecule has 0 saturated heterocycles. The summed E-state index contributed by atoms with van der Waals surface area (Å²) in [4.78, 5) is 19.7. The van der Waals surface area contributed by atoms with E-state index in [0.717, 1.165) is 42.8 Å². The first kappa shape index (κ1) is 18.0. The SMILES string of the molecule is CC[C@H](C)NC(=O)[C@@H]1C[C@@H](C)N(Cc2nc(C3CC3)no2)c2ccccc21. The molecule has 27 heavy (non-hydrogen) atoms. The van der Waals surface area contributed by atoms with Gasteiger partial charge in [0.2, 0.25) is 11.8 Å². The molecule has 2 heterocycles. The van der Waals surface area contributed by atoms with Gasteiger partial charge in [-0.2, -0.15) is 4.98 Å². The van der Waals surface area contributed by atoms with Gasteiger partial charge in [-0.3, -0.25) is 4.79 Å². The number of benzene rings is 1. The minimum Gasteiger partial charge on any atom is -0.359 e. The molecule has 1 saturated carbocycles. The molecule has 2 aromatic rings. The molecule has 1 aliphatic heterocycles. The Hall–Kier alpha value is -2.37. The molecule has 0 unspecified atom stereocenters. The Morgan fingerprint density at radius 3 is 2.89 bits per heavy atom. The van der Waals surface area contributed by atoms with Crippen LogP contribution in [0.1, 0.15) is 75.6 Å². The highest BCUT2D eigenvalue weighted by atomic mass is 16.5. The summed E-state index contributed by atoms with van der Waals surface area (Å²) in [6.07, 6.45) is 4.04. The lowest BCUT2D eigenvalue weighted by molar-refractivity contribution is -0.123. The van der Waals surface area contributed by atoms with Crippen molar-refractivity contribution in [3.05, 3.63) is 41.5 Å². The standard InChI is InChI=1S/C21H28N4O2/c1-4-13(2)22-21(26)17-11-14(3)25(18-8-6-5-7-16(17)18)12-19-23-20(24-27-19)15-9-10-15/h5-8,13-15,17H,4,9-12H2,1-3H3,(H,22,26)/t13-,14+,17+/m0/s1. The Morgan fingerprint density at radius 1 is 1.37 bits per heavy atom. The molecule has 4 rings (SSSR count). The van der Waals surface area contributed by atoms with Gasteiger partial charge in [0.15, 0.2) is 5.82 Å². The van der Waals surface area contributed by atoms with Gasteiger partial charge in [-0.15, -0.1) is 0 Å². The van der Waals surface area contributed by atoms with Crippen molar-refractivity contribution in [3.8, 4) is 0 Å². The van der Waals surface area contributed by atoms with E-state index in [1.165, 1.54) is 0 Å². The summed E-state index contributed by atoms with van der Waals surface area (Å²) in [5.74, 6) is 1.99. The Morgan fingerprint density at radius 2 is 2.15 bits per heavy atom. The number of rotatable bonds is 6. The second-order valence-electron chi connectivity index (χ2n) is 7.96. The van der Waals surface area contributed by atoms with Crippen molar-refractivity contribution in [3.63, 3.8) is 0 Å². The quantitative estimate of drug-likeness (QED) is 0.841. The van der Waals surface area contributed by atoms with Crippen molar-refractivity contribution in [1.82, 2.24) is 15.5 Å². The highest BCUT2D eigenvalue weighted by Crippen LogP contribution is 2.40. The van der Waals surface area contributed by atoms with Crippen molar-refractivity contribution in [2.75, 3.05) is 4.90 Å². The largest absolute Gasteiger partial charge is 0.359 e.